The van der Waals surface area contributed by atoms with Gasteiger partial charge in [-0.1, -0.05) is 17.3 Å². The van der Waals surface area contributed by atoms with Gasteiger partial charge in [0, 0.05) is 12.6 Å². The van der Waals surface area contributed by atoms with Crippen LogP contribution in [-0.2, 0) is 16.6 Å². The molecule has 2 heterocycles. The summed E-state index contributed by atoms with van der Waals surface area (Å²) in [5.41, 5.74) is 1.05. The zero-order chi connectivity index (χ0) is 17.3. The summed E-state index contributed by atoms with van der Waals surface area (Å²) in [5, 5.41) is 3.69. The van der Waals surface area contributed by atoms with Gasteiger partial charge in [-0.25, -0.2) is 13.1 Å². The largest absolute Gasteiger partial charge is 0.361 e. The van der Waals surface area contributed by atoms with Crippen LogP contribution in [0.5, 0.6) is 0 Å². The number of fused-ring (bicyclic) bond motifs is 1. The molecule has 0 aliphatic carbocycles. The van der Waals surface area contributed by atoms with Gasteiger partial charge in [0.05, 0.1) is 29.1 Å². The molecular formula is C15H15N3O5S. The van der Waals surface area contributed by atoms with Crippen LogP contribution < -0.4 is 4.72 Å². The van der Waals surface area contributed by atoms with E-state index in [2.05, 4.69) is 9.88 Å². The summed E-state index contributed by atoms with van der Waals surface area (Å²) in [4.78, 5) is 25.3. The van der Waals surface area contributed by atoms with Crippen LogP contribution >= 0.6 is 0 Å². The van der Waals surface area contributed by atoms with Gasteiger partial charge in [0.15, 0.2) is 0 Å². The van der Waals surface area contributed by atoms with Crippen LogP contribution in [0.1, 0.15) is 32.2 Å². The predicted octanol–water partition coefficient (Wildman–Crippen LogP) is 0.699. The lowest BCUT2D eigenvalue weighted by molar-refractivity contribution is 0.0664. The van der Waals surface area contributed by atoms with E-state index in [0.717, 1.165) is 4.90 Å². The molecular weight excluding hydrogens is 334 g/mol. The average molecular weight is 349 g/mol. The van der Waals surface area contributed by atoms with Crippen LogP contribution in [0.25, 0.3) is 0 Å². The van der Waals surface area contributed by atoms with Crippen molar-refractivity contribution in [3.05, 3.63) is 52.9 Å². The molecule has 1 aliphatic heterocycles. The minimum atomic E-state index is -3.67. The third kappa shape index (κ3) is 3.22. The minimum absolute atomic E-state index is 0.0121. The molecule has 0 saturated carbocycles. The number of benzene rings is 1. The SMILES string of the molecule is Cc1cc(CNS(=O)(=O)CCN2C(=O)c3ccccc3C2=O)no1. The van der Waals surface area contributed by atoms with E-state index in [9.17, 15) is 18.0 Å². The number of aromatic nitrogens is 1. The highest BCUT2D eigenvalue weighted by molar-refractivity contribution is 7.89. The number of nitrogens with zero attached hydrogens (tertiary/aromatic N) is 2. The summed E-state index contributed by atoms with van der Waals surface area (Å²) < 4.78 is 31.3. The maximum absolute atomic E-state index is 12.2. The minimum Gasteiger partial charge on any atom is -0.361 e. The number of imide groups is 1. The first kappa shape index (κ1) is 16.3. The summed E-state index contributed by atoms with van der Waals surface area (Å²) in [6.45, 7) is 1.48. The Morgan fingerprint density at radius 3 is 2.33 bits per heavy atom. The van der Waals surface area contributed by atoms with Gasteiger partial charge in [0.25, 0.3) is 11.8 Å². The molecule has 126 valence electrons. The standard InChI is InChI=1S/C15H15N3O5S/c1-10-8-11(17-23-10)9-16-24(21,22)7-6-18-14(19)12-4-2-3-5-13(12)15(18)20/h2-5,8,16H,6-7,9H2,1H3. The number of carbonyl (C=O) groups excluding carboxylic acids is 2. The van der Waals surface area contributed by atoms with E-state index < -0.39 is 21.8 Å². The number of nitrogens with one attached hydrogen (secondary N) is 1. The third-order valence-corrected chi connectivity index (χ3v) is 4.92. The molecule has 8 nitrogen and oxygen atoms in total. The first-order chi connectivity index (χ1) is 11.4. The van der Waals surface area contributed by atoms with Crippen LogP contribution in [0.15, 0.2) is 34.9 Å². The van der Waals surface area contributed by atoms with Crippen molar-refractivity contribution in [1.29, 1.82) is 0 Å². The molecule has 0 spiro atoms. The van der Waals surface area contributed by atoms with Crippen LogP contribution in [0.2, 0.25) is 0 Å². The average Bonchev–Trinajstić information content (AvgIpc) is 3.07. The molecule has 24 heavy (non-hydrogen) atoms. The third-order valence-electron chi connectivity index (χ3n) is 3.61. The fourth-order valence-corrected chi connectivity index (χ4v) is 3.35. The van der Waals surface area contributed by atoms with Crippen LogP contribution in [0.3, 0.4) is 0 Å². The second-order valence-electron chi connectivity index (χ2n) is 5.38. The van der Waals surface area contributed by atoms with E-state index in [-0.39, 0.29) is 18.8 Å². The Hall–Kier alpha value is -2.52. The van der Waals surface area contributed by atoms with Crippen LogP contribution in [0, 0.1) is 6.92 Å². The van der Waals surface area contributed by atoms with Crippen molar-refractivity contribution < 1.29 is 22.5 Å². The van der Waals surface area contributed by atoms with E-state index in [4.69, 9.17) is 4.52 Å². The molecule has 2 aromatic rings. The Morgan fingerprint density at radius 1 is 1.17 bits per heavy atom. The molecule has 1 aliphatic rings. The molecule has 0 fully saturated rings. The van der Waals surface area contributed by atoms with Gasteiger partial charge in [0.2, 0.25) is 10.0 Å². The van der Waals surface area contributed by atoms with E-state index in [1.165, 1.54) is 0 Å². The highest BCUT2D eigenvalue weighted by Gasteiger charge is 2.35. The Bertz CT molecular complexity index is 868. The molecule has 0 saturated heterocycles. The molecule has 0 atom stereocenters. The summed E-state index contributed by atoms with van der Waals surface area (Å²) in [6.07, 6.45) is 0. The lowest BCUT2D eigenvalue weighted by Gasteiger charge is -2.13. The van der Waals surface area contributed by atoms with Gasteiger partial charge in [-0.15, -0.1) is 0 Å². The fourth-order valence-electron chi connectivity index (χ4n) is 2.41. The first-order valence-electron chi connectivity index (χ1n) is 7.22. The summed E-state index contributed by atoms with van der Waals surface area (Å²) in [7, 11) is -3.67. The van der Waals surface area contributed by atoms with E-state index >= 15 is 0 Å². The molecule has 2 amide bonds. The maximum Gasteiger partial charge on any atom is 0.261 e. The van der Waals surface area contributed by atoms with Crippen molar-refractivity contribution in [3.63, 3.8) is 0 Å². The lowest BCUT2D eigenvalue weighted by Crippen LogP contribution is -2.37. The summed E-state index contributed by atoms with van der Waals surface area (Å²) >= 11 is 0. The van der Waals surface area contributed by atoms with E-state index in [1.807, 2.05) is 0 Å². The Balaban J connectivity index is 1.61. The Kier molecular flexibility index (Phi) is 4.20. The van der Waals surface area contributed by atoms with Crippen molar-refractivity contribution in [3.8, 4) is 0 Å². The van der Waals surface area contributed by atoms with Gasteiger partial charge in [0.1, 0.15) is 5.76 Å². The normalized spacial score (nSPS) is 14.3. The van der Waals surface area contributed by atoms with Gasteiger partial charge in [-0.05, 0) is 19.1 Å². The molecule has 9 heteroatoms. The molecule has 1 N–H and O–H groups in total. The highest BCUT2D eigenvalue weighted by atomic mass is 32.2. The number of sulfonamides is 1. The smallest absolute Gasteiger partial charge is 0.261 e. The number of hydrogen-bond donors (Lipinski definition) is 1. The molecule has 0 bridgehead atoms. The molecule has 1 aromatic carbocycles. The number of aryl methyl sites for hydroxylation is 1. The molecule has 3 rings (SSSR count). The number of amides is 2. The zero-order valence-corrected chi connectivity index (χ0v) is 13.7. The lowest BCUT2D eigenvalue weighted by atomic mass is 10.1. The predicted molar refractivity (Wildman–Crippen MR) is 83.7 cm³/mol. The van der Waals surface area contributed by atoms with Gasteiger partial charge in [-0.2, -0.15) is 0 Å². The highest BCUT2D eigenvalue weighted by Crippen LogP contribution is 2.22. The van der Waals surface area contributed by atoms with Gasteiger partial charge >= 0.3 is 0 Å². The topological polar surface area (TPSA) is 110 Å². The zero-order valence-electron chi connectivity index (χ0n) is 12.9. The monoisotopic (exact) mass is 349 g/mol. The molecule has 1 aromatic heterocycles. The van der Waals surface area contributed by atoms with Crippen LogP contribution in [0.4, 0.5) is 0 Å². The van der Waals surface area contributed by atoms with Gasteiger partial charge < -0.3 is 4.52 Å². The number of carbonyl (C=O) groups is 2. The van der Waals surface area contributed by atoms with E-state index in [1.54, 1.807) is 37.3 Å². The van der Waals surface area contributed by atoms with Crippen molar-refractivity contribution in [2.45, 2.75) is 13.5 Å². The summed E-state index contributed by atoms with van der Waals surface area (Å²) in [6, 6.07) is 8.04. The Morgan fingerprint density at radius 2 is 1.79 bits per heavy atom. The number of rotatable bonds is 6. The fraction of sp³-hybridized carbons (Fsp3) is 0.267. The molecule has 0 radical (unpaired) electrons. The van der Waals surface area contributed by atoms with Crippen LogP contribution in [-0.4, -0.2) is 42.6 Å². The van der Waals surface area contributed by atoms with Gasteiger partial charge in [-0.3, -0.25) is 14.5 Å². The summed E-state index contributed by atoms with van der Waals surface area (Å²) in [5.74, 6) is -0.749. The quantitative estimate of drug-likeness (QED) is 0.769. The van der Waals surface area contributed by atoms with Crippen molar-refractivity contribution in [1.82, 2.24) is 14.8 Å². The Labute approximate surface area is 138 Å². The van der Waals surface area contributed by atoms with Crippen molar-refractivity contribution >= 4 is 21.8 Å². The van der Waals surface area contributed by atoms with E-state index in [0.29, 0.717) is 22.6 Å². The second kappa shape index (κ2) is 6.17. The van der Waals surface area contributed by atoms with Crippen molar-refractivity contribution in [2.75, 3.05) is 12.3 Å². The maximum atomic E-state index is 12.2. The van der Waals surface area contributed by atoms with Crippen molar-refractivity contribution in [2.24, 2.45) is 0 Å². The first-order valence-corrected chi connectivity index (χ1v) is 8.87. The number of hydrogen-bond acceptors (Lipinski definition) is 6. The second-order valence-corrected chi connectivity index (χ2v) is 7.30. The molecule has 0 unspecified atom stereocenters.